The van der Waals surface area contributed by atoms with Crippen molar-refractivity contribution in [3.05, 3.63) is 0 Å². The van der Waals surface area contributed by atoms with Gasteiger partial charge in [-0.1, -0.05) is 33.6 Å². The highest BCUT2D eigenvalue weighted by Gasteiger charge is 2.40. The Morgan fingerprint density at radius 3 is 2.13 bits per heavy atom. The molecule has 0 aromatic heterocycles. The Morgan fingerprint density at radius 1 is 1.13 bits per heavy atom. The Bertz CT molecular complexity index is 210. The van der Waals surface area contributed by atoms with E-state index < -0.39 is 8.32 Å². The van der Waals surface area contributed by atoms with E-state index in [4.69, 9.17) is 16.0 Å². The molecule has 1 nitrogen and oxygen atoms in total. The minimum Gasteiger partial charge on any atom is -0.412 e. The van der Waals surface area contributed by atoms with Crippen LogP contribution >= 0.6 is 11.6 Å². The lowest BCUT2D eigenvalue weighted by Crippen LogP contribution is -2.46. The highest BCUT2D eigenvalue weighted by Crippen LogP contribution is 2.39. The van der Waals surface area contributed by atoms with Gasteiger partial charge in [0.1, 0.15) is 0 Å². The number of hydrogen-bond donors (Lipinski definition) is 0. The molecule has 0 unspecified atom stereocenters. The van der Waals surface area contributed by atoms with Gasteiger partial charge in [0.25, 0.3) is 0 Å². The Kier molecular flexibility index (Phi) is 4.30. The van der Waals surface area contributed by atoms with Crippen molar-refractivity contribution in [2.45, 2.75) is 76.1 Å². The summed E-state index contributed by atoms with van der Waals surface area (Å²) < 4.78 is 6.36. The number of rotatable bonds is 2. The third-order valence-electron chi connectivity index (χ3n) is 3.87. The zero-order valence-corrected chi connectivity index (χ0v) is 12.5. The van der Waals surface area contributed by atoms with Crippen molar-refractivity contribution in [3.63, 3.8) is 0 Å². The van der Waals surface area contributed by atoms with Crippen LogP contribution in [0, 0.1) is 0 Å². The molecule has 0 heterocycles. The topological polar surface area (TPSA) is 9.23 Å². The average Bonchev–Trinajstić information content (AvgIpc) is 2.06. The van der Waals surface area contributed by atoms with Crippen LogP contribution in [0.25, 0.3) is 0 Å². The molecule has 0 amide bonds. The Hall–Kier alpha value is 0.467. The molecular weight excluding hydrogens is 224 g/mol. The Labute approximate surface area is 101 Å². The van der Waals surface area contributed by atoms with Gasteiger partial charge in [0.15, 0.2) is 8.32 Å². The molecule has 0 saturated heterocycles. The van der Waals surface area contributed by atoms with E-state index in [0.29, 0.717) is 11.1 Å². The summed E-state index contributed by atoms with van der Waals surface area (Å²) in [6.45, 7) is 11.5. The van der Waals surface area contributed by atoms with Crippen molar-refractivity contribution in [1.29, 1.82) is 0 Å². The van der Waals surface area contributed by atoms with E-state index in [2.05, 4.69) is 33.9 Å². The van der Waals surface area contributed by atoms with Crippen molar-refractivity contribution in [3.8, 4) is 0 Å². The molecule has 0 spiro atoms. The lowest BCUT2D eigenvalue weighted by atomic mass is 9.97. The number of halogens is 1. The predicted octanol–water partition coefficient (Wildman–Crippen LogP) is 4.56. The molecule has 0 bridgehead atoms. The maximum absolute atomic E-state index is 6.36. The van der Waals surface area contributed by atoms with Gasteiger partial charge in [-0.25, -0.2) is 0 Å². The van der Waals surface area contributed by atoms with Crippen LogP contribution in [0.1, 0.15) is 46.5 Å². The van der Waals surface area contributed by atoms with Crippen LogP contribution in [0.5, 0.6) is 0 Å². The van der Waals surface area contributed by atoms with Crippen LogP contribution in [0.4, 0.5) is 0 Å². The largest absolute Gasteiger partial charge is 0.412 e. The van der Waals surface area contributed by atoms with Crippen molar-refractivity contribution >= 4 is 19.9 Å². The third-order valence-corrected chi connectivity index (χ3v) is 8.88. The summed E-state index contributed by atoms with van der Waals surface area (Å²) in [5.41, 5.74) is 0. The summed E-state index contributed by atoms with van der Waals surface area (Å²) in [5.74, 6) is 0. The maximum atomic E-state index is 6.36. The summed E-state index contributed by atoms with van der Waals surface area (Å²) in [4.78, 5) is 0. The van der Waals surface area contributed by atoms with Crippen molar-refractivity contribution in [2.24, 2.45) is 0 Å². The number of alkyl halides is 1. The second kappa shape index (κ2) is 4.76. The van der Waals surface area contributed by atoms with E-state index in [-0.39, 0.29) is 5.38 Å². The van der Waals surface area contributed by atoms with E-state index in [0.717, 1.165) is 12.8 Å². The van der Waals surface area contributed by atoms with Crippen LogP contribution in [-0.4, -0.2) is 19.8 Å². The first-order chi connectivity index (χ1) is 6.74. The molecule has 0 aliphatic heterocycles. The maximum Gasteiger partial charge on any atom is 0.192 e. The lowest BCUT2D eigenvalue weighted by Gasteiger charge is -2.41. The fourth-order valence-electron chi connectivity index (χ4n) is 1.74. The zero-order chi connectivity index (χ0) is 11.7. The molecule has 1 aliphatic carbocycles. The van der Waals surface area contributed by atoms with E-state index >= 15 is 0 Å². The first kappa shape index (κ1) is 13.5. The lowest BCUT2D eigenvalue weighted by molar-refractivity contribution is 0.142. The first-order valence-electron chi connectivity index (χ1n) is 6.06. The zero-order valence-electron chi connectivity index (χ0n) is 10.8. The molecule has 1 aliphatic rings. The monoisotopic (exact) mass is 248 g/mol. The molecular formula is C12H25ClOSi. The molecule has 1 rings (SSSR count). The van der Waals surface area contributed by atoms with Gasteiger partial charge in [0.2, 0.25) is 0 Å². The third kappa shape index (κ3) is 3.47. The summed E-state index contributed by atoms with van der Waals surface area (Å²) >= 11 is 6.34. The molecule has 0 aromatic rings. The summed E-state index contributed by atoms with van der Waals surface area (Å²) in [5, 5.41) is 0.536. The minimum atomic E-state index is -1.62. The second-order valence-electron chi connectivity index (χ2n) is 6.22. The first-order valence-corrected chi connectivity index (χ1v) is 9.40. The highest BCUT2D eigenvalue weighted by molar-refractivity contribution is 6.74. The molecule has 2 atom stereocenters. The Morgan fingerprint density at radius 2 is 1.67 bits per heavy atom. The predicted molar refractivity (Wildman–Crippen MR) is 70.2 cm³/mol. The second-order valence-corrected chi connectivity index (χ2v) is 11.5. The smallest absolute Gasteiger partial charge is 0.192 e. The van der Waals surface area contributed by atoms with E-state index in [1.807, 2.05) is 0 Å². The summed E-state index contributed by atoms with van der Waals surface area (Å²) in [7, 11) is -1.62. The minimum absolute atomic E-state index is 0.243. The Balaban J connectivity index is 2.59. The quantitative estimate of drug-likeness (QED) is 0.514. The van der Waals surface area contributed by atoms with Gasteiger partial charge in [0.05, 0.1) is 11.5 Å². The molecule has 1 fully saturated rings. The van der Waals surface area contributed by atoms with E-state index in [9.17, 15) is 0 Å². The highest BCUT2D eigenvalue weighted by atomic mass is 35.5. The fraction of sp³-hybridized carbons (Fsp3) is 1.00. The SMILES string of the molecule is CC(C)(C)[Si](C)(C)O[C@@H]1CCCC[C@H]1Cl. The van der Waals surface area contributed by atoms with Crippen LogP contribution in [0.15, 0.2) is 0 Å². The number of hydrogen-bond acceptors (Lipinski definition) is 1. The summed E-state index contributed by atoms with van der Waals surface area (Å²) in [6.07, 6.45) is 5.14. The van der Waals surface area contributed by atoms with Crippen LogP contribution in [0.2, 0.25) is 18.1 Å². The molecule has 3 heteroatoms. The molecule has 0 N–H and O–H groups in total. The molecule has 90 valence electrons. The van der Waals surface area contributed by atoms with Crippen molar-refractivity contribution in [2.75, 3.05) is 0 Å². The molecule has 0 radical (unpaired) electrons. The van der Waals surface area contributed by atoms with Crippen molar-refractivity contribution < 1.29 is 4.43 Å². The van der Waals surface area contributed by atoms with Gasteiger partial charge in [-0.2, -0.15) is 0 Å². The van der Waals surface area contributed by atoms with E-state index in [1.165, 1.54) is 12.8 Å². The van der Waals surface area contributed by atoms with Crippen LogP contribution in [0.3, 0.4) is 0 Å². The van der Waals surface area contributed by atoms with Gasteiger partial charge in [-0.3, -0.25) is 0 Å². The van der Waals surface area contributed by atoms with Gasteiger partial charge in [-0.15, -0.1) is 11.6 Å². The summed E-state index contributed by atoms with van der Waals surface area (Å²) in [6, 6.07) is 0. The average molecular weight is 249 g/mol. The van der Waals surface area contributed by atoms with Gasteiger partial charge >= 0.3 is 0 Å². The molecule has 0 aromatic carbocycles. The van der Waals surface area contributed by atoms with Crippen LogP contribution in [-0.2, 0) is 4.43 Å². The molecule has 1 saturated carbocycles. The van der Waals surface area contributed by atoms with E-state index in [1.54, 1.807) is 0 Å². The van der Waals surface area contributed by atoms with Crippen LogP contribution < -0.4 is 0 Å². The fourth-order valence-corrected chi connectivity index (χ4v) is 3.55. The molecule has 15 heavy (non-hydrogen) atoms. The standard InChI is InChI=1S/C12H25ClOSi/c1-12(2,3)15(4,5)14-11-9-7-6-8-10(11)13/h10-11H,6-9H2,1-5H3/t10-,11-/m1/s1. The van der Waals surface area contributed by atoms with Gasteiger partial charge in [-0.05, 0) is 31.0 Å². The van der Waals surface area contributed by atoms with Gasteiger partial charge in [0, 0.05) is 0 Å². The van der Waals surface area contributed by atoms with Gasteiger partial charge < -0.3 is 4.43 Å². The normalized spacial score (nSPS) is 29.2. The van der Waals surface area contributed by atoms with Crippen molar-refractivity contribution in [1.82, 2.24) is 0 Å².